The number of aromatic nitrogens is 5. The molecule has 0 unspecified atom stereocenters. The van der Waals surface area contributed by atoms with Crippen LogP contribution in [0.1, 0.15) is 22.4 Å². The third kappa shape index (κ3) is 4.79. The van der Waals surface area contributed by atoms with Crippen molar-refractivity contribution in [3.05, 3.63) is 64.9 Å². The van der Waals surface area contributed by atoms with E-state index in [9.17, 15) is 4.79 Å². The summed E-state index contributed by atoms with van der Waals surface area (Å²) in [6.45, 7) is 2.18. The Bertz CT molecular complexity index is 1200. The summed E-state index contributed by atoms with van der Waals surface area (Å²) < 4.78 is 7.53. The number of amides is 1. The summed E-state index contributed by atoms with van der Waals surface area (Å²) >= 11 is 2.88. The Hall–Kier alpha value is -3.28. The van der Waals surface area contributed by atoms with Gasteiger partial charge in [-0.15, -0.1) is 21.5 Å². The van der Waals surface area contributed by atoms with Crippen LogP contribution in [0, 0.1) is 0 Å². The number of carbonyl (C=O) groups is 1. The molecule has 1 amide bonds. The maximum absolute atomic E-state index is 12.0. The summed E-state index contributed by atoms with van der Waals surface area (Å²) in [6, 6.07) is 11.5. The number of thiazole rings is 1. The summed E-state index contributed by atoms with van der Waals surface area (Å²) in [7, 11) is 1.63. The van der Waals surface area contributed by atoms with Crippen molar-refractivity contribution in [3.63, 3.8) is 0 Å². The molecular weight excluding hydrogens is 448 g/mol. The summed E-state index contributed by atoms with van der Waals surface area (Å²) in [5, 5.41) is 12.0. The highest BCUT2D eigenvalue weighted by Gasteiger charge is 2.20. The number of nitrogens with zero attached hydrogens (tertiary/aromatic N) is 5. The van der Waals surface area contributed by atoms with Gasteiger partial charge < -0.3 is 4.74 Å². The average molecular weight is 469 g/mol. The lowest BCUT2D eigenvalue weighted by atomic mass is 10.2. The molecule has 0 aliphatic rings. The third-order valence-corrected chi connectivity index (χ3v) is 6.29. The average Bonchev–Trinajstić information content (AvgIpc) is 3.49. The van der Waals surface area contributed by atoms with Crippen molar-refractivity contribution < 1.29 is 14.4 Å². The van der Waals surface area contributed by atoms with Crippen molar-refractivity contribution in [2.75, 3.05) is 13.7 Å². The molecule has 0 radical (unpaired) electrons. The van der Waals surface area contributed by atoms with Crippen molar-refractivity contribution >= 4 is 29.0 Å². The van der Waals surface area contributed by atoms with Gasteiger partial charge in [-0.05, 0) is 31.2 Å². The topological polar surface area (TPSA) is 104 Å². The molecule has 32 heavy (non-hydrogen) atoms. The first-order chi connectivity index (χ1) is 15.7. The highest BCUT2D eigenvalue weighted by atomic mass is 32.2. The van der Waals surface area contributed by atoms with Gasteiger partial charge in [-0.3, -0.25) is 19.2 Å². The minimum absolute atomic E-state index is 0.322. The molecule has 1 aromatic carbocycles. The van der Waals surface area contributed by atoms with Crippen LogP contribution < -0.4 is 10.2 Å². The molecule has 164 valence electrons. The van der Waals surface area contributed by atoms with E-state index in [4.69, 9.17) is 9.57 Å². The number of rotatable bonds is 9. The first-order valence-corrected chi connectivity index (χ1v) is 11.6. The second kappa shape index (κ2) is 10.4. The Balaban J connectivity index is 1.63. The molecule has 0 aliphatic heterocycles. The molecule has 0 spiro atoms. The molecule has 3 heterocycles. The highest BCUT2D eigenvalue weighted by Crippen LogP contribution is 2.33. The van der Waals surface area contributed by atoms with Crippen LogP contribution in [0.2, 0.25) is 0 Å². The summed E-state index contributed by atoms with van der Waals surface area (Å²) in [6.07, 6.45) is 3.43. The SMILES string of the molecule is CCONC(=O)c1csc(CSc2nnc(-c3ccncc3)n2-c2ccccc2OC)n1. The van der Waals surface area contributed by atoms with Gasteiger partial charge in [0.2, 0.25) is 0 Å². The molecule has 4 rings (SSSR count). The number of ether oxygens (including phenoxy) is 1. The summed E-state index contributed by atoms with van der Waals surface area (Å²) in [5.74, 6) is 1.54. The van der Waals surface area contributed by atoms with Gasteiger partial charge in [0.1, 0.15) is 16.5 Å². The number of benzene rings is 1. The molecule has 4 aromatic rings. The van der Waals surface area contributed by atoms with Gasteiger partial charge in [-0.2, -0.15) is 0 Å². The van der Waals surface area contributed by atoms with Gasteiger partial charge in [-0.25, -0.2) is 10.5 Å². The van der Waals surface area contributed by atoms with Crippen LogP contribution in [-0.4, -0.2) is 44.4 Å². The third-order valence-electron chi connectivity index (χ3n) is 4.32. The summed E-state index contributed by atoms with van der Waals surface area (Å²) in [5.41, 5.74) is 4.38. The Kier molecular flexibility index (Phi) is 7.10. The van der Waals surface area contributed by atoms with E-state index in [0.717, 1.165) is 16.3 Å². The number of para-hydroxylation sites is 2. The van der Waals surface area contributed by atoms with E-state index in [1.807, 2.05) is 41.0 Å². The van der Waals surface area contributed by atoms with Crippen LogP contribution in [0.4, 0.5) is 0 Å². The number of nitrogens with one attached hydrogen (secondary N) is 1. The molecule has 0 bridgehead atoms. The van der Waals surface area contributed by atoms with Gasteiger partial charge in [0.15, 0.2) is 11.0 Å². The Morgan fingerprint density at radius 3 is 2.78 bits per heavy atom. The minimum atomic E-state index is -0.364. The molecule has 0 fully saturated rings. The lowest BCUT2D eigenvalue weighted by molar-refractivity contribution is 0.0360. The Morgan fingerprint density at radius 1 is 1.19 bits per heavy atom. The zero-order valence-corrected chi connectivity index (χ0v) is 19.0. The molecule has 3 aromatic heterocycles. The molecule has 11 heteroatoms. The zero-order chi connectivity index (χ0) is 22.3. The zero-order valence-electron chi connectivity index (χ0n) is 17.4. The lowest BCUT2D eigenvalue weighted by Gasteiger charge is -2.13. The number of hydrogen-bond donors (Lipinski definition) is 1. The van der Waals surface area contributed by atoms with Crippen LogP contribution in [-0.2, 0) is 10.6 Å². The Labute approximate surface area is 192 Å². The predicted octanol–water partition coefficient (Wildman–Crippen LogP) is 3.77. The molecule has 1 N–H and O–H groups in total. The van der Waals surface area contributed by atoms with E-state index >= 15 is 0 Å². The maximum Gasteiger partial charge on any atom is 0.294 e. The fraction of sp³-hybridized carbons (Fsp3) is 0.190. The number of methoxy groups -OCH3 is 1. The number of hydroxylamine groups is 1. The molecule has 0 aliphatic carbocycles. The fourth-order valence-electron chi connectivity index (χ4n) is 2.88. The number of thioether (sulfide) groups is 1. The largest absolute Gasteiger partial charge is 0.495 e. The highest BCUT2D eigenvalue weighted by molar-refractivity contribution is 7.98. The van der Waals surface area contributed by atoms with Crippen molar-refractivity contribution in [3.8, 4) is 22.8 Å². The number of pyridine rings is 1. The van der Waals surface area contributed by atoms with Crippen LogP contribution >= 0.6 is 23.1 Å². The van der Waals surface area contributed by atoms with Gasteiger partial charge >= 0.3 is 0 Å². The minimum Gasteiger partial charge on any atom is -0.495 e. The number of hydrogen-bond acceptors (Lipinski definition) is 9. The van der Waals surface area contributed by atoms with Gasteiger partial charge in [-0.1, -0.05) is 23.9 Å². The standard InChI is InChI=1S/C21H20N6O3S2/c1-3-30-26-20(28)15-12-31-18(23-15)13-32-21-25-24-19(14-8-10-22-11-9-14)27(21)16-6-4-5-7-17(16)29-2/h4-12H,3,13H2,1-2H3,(H,26,28). The Morgan fingerprint density at radius 2 is 2.00 bits per heavy atom. The van der Waals surface area contributed by atoms with E-state index in [2.05, 4.69) is 25.6 Å². The van der Waals surface area contributed by atoms with Gasteiger partial charge in [0, 0.05) is 23.3 Å². The van der Waals surface area contributed by atoms with E-state index in [1.54, 1.807) is 31.8 Å². The summed E-state index contributed by atoms with van der Waals surface area (Å²) in [4.78, 5) is 25.4. The second-order valence-corrected chi connectivity index (χ2v) is 8.21. The van der Waals surface area contributed by atoms with Gasteiger partial charge in [0.25, 0.3) is 5.91 Å². The van der Waals surface area contributed by atoms with Crippen molar-refractivity contribution in [2.45, 2.75) is 17.8 Å². The molecular formula is C21H20N6O3S2. The van der Waals surface area contributed by atoms with E-state index in [-0.39, 0.29) is 5.91 Å². The molecule has 0 saturated carbocycles. The van der Waals surface area contributed by atoms with E-state index in [0.29, 0.717) is 34.8 Å². The maximum atomic E-state index is 12.0. The quantitative estimate of drug-likeness (QED) is 0.292. The van der Waals surface area contributed by atoms with Crippen LogP contribution in [0.3, 0.4) is 0 Å². The van der Waals surface area contributed by atoms with E-state index in [1.165, 1.54) is 23.1 Å². The number of carbonyl (C=O) groups excluding carboxylic acids is 1. The van der Waals surface area contributed by atoms with Crippen molar-refractivity contribution in [2.24, 2.45) is 0 Å². The van der Waals surface area contributed by atoms with E-state index < -0.39 is 0 Å². The van der Waals surface area contributed by atoms with Crippen LogP contribution in [0.15, 0.2) is 59.3 Å². The molecule has 0 atom stereocenters. The van der Waals surface area contributed by atoms with Crippen LogP contribution in [0.5, 0.6) is 5.75 Å². The molecule has 9 nitrogen and oxygen atoms in total. The first-order valence-electron chi connectivity index (χ1n) is 9.69. The van der Waals surface area contributed by atoms with Gasteiger partial charge in [0.05, 0.1) is 25.2 Å². The first kappa shape index (κ1) is 21.9. The molecule has 0 saturated heterocycles. The lowest BCUT2D eigenvalue weighted by Crippen LogP contribution is -2.23. The van der Waals surface area contributed by atoms with Crippen molar-refractivity contribution in [1.82, 2.24) is 30.2 Å². The monoisotopic (exact) mass is 468 g/mol. The smallest absolute Gasteiger partial charge is 0.294 e. The second-order valence-electron chi connectivity index (χ2n) is 6.33. The fourth-order valence-corrected chi connectivity index (χ4v) is 4.62. The van der Waals surface area contributed by atoms with Crippen LogP contribution in [0.25, 0.3) is 17.1 Å². The van der Waals surface area contributed by atoms with Crippen molar-refractivity contribution in [1.29, 1.82) is 0 Å². The normalized spacial score (nSPS) is 10.8. The predicted molar refractivity (Wildman–Crippen MR) is 122 cm³/mol.